The Bertz CT molecular complexity index is 377. The number of ketones is 1. The number of aromatic nitrogens is 2. The summed E-state index contributed by atoms with van der Waals surface area (Å²) >= 11 is 0. The molecule has 0 saturated carbocycles. The van der Waals surface area contributed by atoms with Gasteiger partial charge in [-0.15, -0.1) is 0 Å². The predicted molar refractivity (Wildman–Crippen MR) is 54.4 cm³/mol. The predicted octanol–water partition coefficient (Wildman–Crippen LogP) is 1.83. The van der Waals surface area contributed by atoms with Crippen LogP contribution in [0.4, 0.5) is 0 Å². The molecule has 3 heteroatoms. The van der Waals surface area contributed by atoms with Gasteiger partial charge in [-0.25, -0.2) is 4.98 Å². The van der Waals surface area contributed by atoms with Crippen LogP contribution in [0.3, 0.4) is 0 Å². The third-order valence-corrected chi connectivity index (χ3v) is 2.85. The van der Waals surface area contributed by atoms with Crippen molar-refractivity contribution in [2.24, 2.45) is 0 Å². The molecule has 0 aliphatic carbocycles. The quantitative estimate of drug-likeness (QED) is 0.680. The van der Waals surface area contributed by atoms with Crippen molar-refractivity contribution in [3.8, 4) is 0 Å². The Morgan fingerprint density at radius 2 is 2.14 bits per heavy atom. The molecular formula is C11H16N2O. The lowest BCUT2D eigenvalue weighted by Crippen LogP contribution is -2.19. The van der Waals surface area contributed by atoms with Crippen LogP contribution < -0.4 is 0 Å². The molecule has 0 unspecified atom stereocenters. The van der Waals surface area contributed by atoms with Gasteiger partial charge >= 0.3 is 0 Å². The summed E-state index contributed by atoms with van der Waals surface area (Å²) in [4.78, 5) is 15.8. The molecule has 1 aromatic heterocycles. The summed E-state index contributed by atoms with van der Waals surface area (Å²) in [5.74, 6) is 1.73. The first-order valence-electron chi connectivity index (χ1n) is 5.17. The van der Waals surface area contributed by atoms with E-state index in [0.29, 0.717) is 24.5 Å². The third-order valence-electron chi connectivity index (χ3n) is 2.85. The van der Waals surface area contributed by atoms with Crippen LogP contribution in [0, 0.1) is 6.92 Å². The molecule has 0 amide bonds. The summed E-state index contributed by atoms with van der Waals surface area (Å²) in [6.45, 7) is 7.20. The number of hydrogen-bond donors (Lipinski definition) is 0. The van der Waals surface area contributed by atoms with Crippen LogP contribution in [0.5, 0.6) is 0 Å². The van der Waals surface area contributed by atoms with Crippen LogP contribution in [0.25, 0.3) is 0 Å². The average Bonchev–Trinajstić information content (AvgIpc) is 2.43. The van der Waals surface area contributed by atoms with Gasteiger partial charge in [-0.1, -0.05) is 13.8 Å². The summed E-state index contributed by atoms with van der Waals surface area (Å²) in [6.07, 6.45) is 1.19. The molecule has 0 bridgehead atoms. The molecule has 0 aromatic carbocycles. The lowest BCUT2D eigenvalue weighted by Gasteiger charge is -2.14. The number of nitrogens with zero attached hydrogens (tertiary/aromatic N) is 2. The van der Waals surface area contributed by atoms with E-state index in [4.69, 9.17) is 0 Å². The van der Waals surface area contributed by atoms with Gasteiger partial charge in [0.05, 0.1) is 12.1 Å². The van der Waals surface area contributed by atoms with Crippen molar-refractivity contribution in [3.63, 3.8) is 0 Å². The third kappa shape index (κ3) is 1.37. The van der Waals surface area contributed by atoms with Crippen LogP contribution in [0.2, 0.25) is 0 Å². The number of carbonyl (C=O) groups excluding carboxylic acids is 1. The maximum absolute atomic E-state index is 11.3. The van der Waals surface area contributed by atoms with Crippen molar-refractivity contribution in [2.45, 2.75) is 46.1 Å². The monoisotopic (exact) mass is 192 g/mol. The van der Waals surface area contributed by atoms with Gasteiger partial charge in [0, 0.05) is 18.7 Å². The van der Waals surface area contributed by atoms with Gasteiger partial charge in [0.1, 0.15) is 11.6 Å². The second-order valence-corrected chi connectivity index (χ2v) is 4.27. The lowest BCUT2D eigenvalue weighted by atomic mass is 10.1. The molecule has 0 saturated heterocycles. The van der Waals surface area contributed by atoms with Crippen LogP contribution in [0.1, 0.15) is 43.4 Å². The van der Waals surface area contributed by atoms with E-state index in [1.165, 1.54) is 5.69 Å². The fraction of sp³-hybridized carbons (Fsp3) is 0.636. The maximum Gasteiger partial charge on any atom is 0.142 e. The largest absolute Gasteiger partial charge is 0.331 e. The highest BCUT2D eigenvalue weighted by atomic mass is 16.1. The molecule has 1 aliphatic rings. The molecule has 0 radical (unpaired) electrons. The first-order chi connectivity index (χ1) is 6.59. The van der Waals surface area contributed by atoms with Crippen molar-refractivity contribution in [1.82, 2.24) is 9.55 Å². The molecule has 0 spiro atoms. The number of fused-ring (bicyclic) bond motifs is 1. The zero-order valence-electron chi connectivity index (χ0n) is 9.00. The van der Waals surface area contributed by atoms with Gasteiger partial charge in [-0.2, -0.15) is 0 Å². The second kappa shape index (κ2) is 3.23. The van der Waals surface area contributed by atoms with Crippen LogP contribution >= 0.6 is 0 Å². The average molecular weight is 192 g/mol. The van der Waals surface area contributed by atoms with Crippen LogP contribution in [0.15, 0.2) is 0 Å². The van der Waals surface area contributed by atoms with Gasteiger partial charge in [0.25, 0.3) is 0 Å². The Balaban J connectivity index is 2.45. The Morgan fingerprint density at radius 3 is 2.79 bits per heavy atom. The Morgan fingerprint density at radius 1 is 1.43 bits per heavy atom. The van der Waals surface area contributed by atoms with Gasteiger partial charge in [-0.3, -0.25) is 4.79 Å². The van der Waals surface area contributed by atoms with Crippen molar-refractivity contribution < 1.29 is 4.79 Å². The maximum atomic E-state index is 11.3. The smallest absolute Gasteiger partial charge is 0.142 e. The van der Waals surface area contributed by atoms with E-state index in [-0.39, 0.29) is 0 Å². The highest BCUT2D eigenvalue weighted by Gasteiger charge is 2.21. The molecule has 2 rings (SSSR count). The number of rotatable bonds is 1. The Labute approximate surface area is 84.1 Å². The fourth-order valence-electron chi connectivity index (χ4n) is 2.09. The van der Waals surface area contributed by atoms with Crippen molar-refractivity contribution >= 4 is 5.78 Å². The number of imidazole rings is 1. The second-order valence-electron chi connectivity index (χ2n) is 4.27. The zero-order valence-corrected chi connectivity index (χ0v) is 9.00. The summed E-state index contributed by atoms with van der Waals surface area (Å²) < 4.78 is 2.19. The molecule has 14 heavy (non-hydrogen) atoms. The van der Waals surface area contributed by atoms with E-state index >= 15 is 0 Å². The normalized spacial score (nSPS) is 16.1. The number of carbonyl (C=O) groups is 1. The minimum atomic E-state index is 0.317. The van der Waals surface area contributed by atoms with E-state index in [1.54, 1.807) is 0 Å². The summed E-state index contributed by atoms with van der Waals surface area (Å²) in [5.41, 5.74) is 2.39. The molecule has 0 fully saturated rings. The Kier molecular flexibility index (Phi) is 2.17. The molecule has 76 valence electrons. The van der Waals surface area contributed by atoms with Gasteiger partial charge < -0.3 is 4.57 Å². The van der Waals surface area contributed by atoms with Gasteiger partial charge in [0.15, 0.2) is 0 Å². The Hall–Kier alpha value is -1.12. The van der Waals surface area contributed by atoms with Crippen LogP contribution in [-0.2, 0) is 17.8 Å². The molecule has 2 heterocycles. The molecule has 0 atom stereocenters. The first-order valence-corrected chi connectivity index (χ1v) is 5.17. The first kappa shape index (κ1) is 9.44. The SMILES string of the molecule is Cc1c(C(C)C)nc2n1CCC(=O)C2. The molecule has 3 nitrogen and oxygen atoms in total. The summed E-state index contributed by atoms with van der Waals surface area (Å²) in [7, 11) is 0. The van der Waals surface area contributed by atoms with Crippen LogP contribution in [-0.4, -0.2) is 15.3 Å². The standard InChI is InChI=1S/C11H16N2O/c1-7(2)11-8(3)13-5-4-9(14)6-10(13)12-11/h7H,4-6H2,1-3H3. The number of Topliss-reactive ketones (excluding diaryl/α,β-unsaturated/α-hetero) is 1. The minimum Gasteiger partial charge on any atom is -0.331 e. The molecule has 0 N–H and O–H groups in total. The summed E-state index contributed by atoms with van der Waals surface area (Å²) in [5, 5.41) is 0. The highest BCUT2D eigenvalue weighted by Crippen LogP contribution is 2.22. The van der Waals surface area contributed by atoms with Crippen molar-refractivity contribution in [1.29, 1.82) is 0 Å². The van der Waals surface area contributed by atoms with E-state index in [2.05, 4.69) is 30.3 Å². The van der Waals surface area contributed by atoms with Crippen molar-refractivity contribution in [2.75, 3.05) is 0 Å². The van der Waals surface area contributed by atoms with Gasteiger partial charge in [0.2, 0.25) is 0 Å². The van der Waals surface area contributed by atoms with E-state index in [0.717, 1.165) is 18.1 Å². The highest BCUT2D eigenvalue weighted by molar-refractivity contribution is 5.81. The van der Waals surface area contributed by atoms with Crippen molar-refractivity contribution in [3.05, 3.63) is 17.2 Å². The topological polar surface area (TPSA) is 34.9 Å². The van der Waals surface area contributed by atoms with Gasteiger partial charge in [-0.05, 0) is 12.8 Å². The molecule has 1 aliphatic heterocycles. The zero-order chi connectivity index (χ0) is 10.3. The molecular weight excluding hydrogens is 176 g/mol. The van der Waals surface area contributed by atoms with E-state index < -0.39 is 0 Å². The van der Waals surface area contributed by atoms with E-state index in [1.807, 2.05) is 0 Å². The lowest BCUT2D eigenvalue weighted by molar-refractivity contribution is -0.119. The number of hydrogen-bond acceptors (Lipinski definition) is 2. The molecule has 1 aromatic rings. The minimum absolute atomic E-state index is 0.317. The fourth-order valence-corrected chi connectivity index (χ4v) is 2.09. The van der Waals surface area contributed by atoms with E-state index in [9.17, 15) is 4.79 Å². The summed E-state index contributed by atoms with van der Waals surface area (Å²) in [6, 6.07) is 0.